The molecule has 5 aromatic carbocycles. The van der Waals surface area contributed by atoms with E-state index in [1.807, 2.05) is 0 Å². The van der Waals surface area contributed by atoms with E-state index >= 15 is 0 Å². The first-order chi connectivity index (χ1) is 16.2. The van der Waals surface area contributed by atoms with Gasteiger partial charge in [-0.15, -0.1) is 0 Å². The van der Waals surface area contributed by atoms with E-state index in [2.05, 4.69) is 114 Å². The van der Waals surface area contributed by atoms with Crippen LogP contribution in [0.25, 0.3) is 43.8 Å². The lowest BCUT2D eigenvalue weighted by molar-refractivity contribution is 0.652. The maximum absolute atomic E-state index is 2.55. The highest BCUT2D eigenvalue weighted by Gasteiger charge is 2.42. The molecule has 2 aliphatic carbocycles. The summed E-state index contributed by atoms with van der Waals surface area (Å²) >= 11 is 0. The van der Waals surface area contributed by atoms with Gasteiger partial charge in [-0.2, -0.15) is 0 Å². The van der Waals surface area contributed by atoms with Crippen LogP contribution >= 0.6 is 0 Å². The van der Waals surface area contributed by atoms with Crippen LogP contribution in [-0.2, 0) is 10.8 Å². The predicted molar refractivity (Wildman–Crippen MR) is 146 cm³/mol. The molecular formula is C34H30. The summed E-state index contributed by atoms with van der Waals surface area (Å²) in [4.78, 5) is 0. The molecule has 0 bridgehead atoms. The van der Waals surface area contributed by atoms with Crippen molar-refractivity contribution in [3.63, 3.8) is 0 Å². The zero-order chi connectivity index (χ0) is 23.6. The minimum Gasteiger partial charge on any atom is -0.0616 e. The summed E-state index contributed by atoms with van der Waals surface area (Å²) in [5.74, 6) is 0. The van der Waals surface area contributed by atoms with Crippen LogP contribution in [-0.4, -0.2) is 0 Å². The van der Waals surface area contributed by atoms with Crippen molar-refractivity contribution >= 4 is 21.5 Å². The number of benzene rings is 5. The molecule has 0 N–H and O–H groups in total. The van der Waals surface area contributed by atoms with Gasteiger partial charge in [0.2, 0.25) is 0 Å². The van der Waals surface area contributed by atoms with Crippen molar-refractivity contribution in [2.75, 3.05) is 0 Å². The van der Waals surface area contributed by atoms with Crippen LogP contribution in [0, 0.1) is 13.8 Å². The molecule has 0 radical (unpaired) electrons. The second-order valence-corrected chi connectivity index (χ2v) is 11.5. The Kier molecular flexibility index (Phi) is 3.65. The predicted octanol–water partition coefficient (Wildman–Crippen LogP) is 9.22. The molecule has 0 saturated carbocycles. The first-order valence-corrected chi connectivity index (χ1v) is 12.5. The fourth-order valence-corrected chi connectivity index (χ4v) is 7.02. The van der Waals surface area contributed by atoms with Crippen molar-refractivity contribution in [2.24, 2.45) is 0 Å². The first-order valence-electron chi connectivity index (χ1n) is 12.5. The van der Waals surface area contributed by atoms with E-state index in [-0.39, 0.29) is 10.8 Å². The summed E-state index contributed by atoms with van der Waals surface area (Å²) in [6.07, 6.45) is 0. The first kappa shape index (κ1) is 20.0. The van der Waals surface area contributed by atoms with Gasteiger partial charge in [0.25, 0.3) is 0 Å². The third-order valence-electron chi connectivity index (χ3n) is 8.89. The molecule has 0 unspecified atom stereocenters. The summed E-state index contributed by atoms with van der Waals surface area (Å²) in [6.45, 7) is 14.2. The van der Waals surface area contributed by atoms with E-state index in [1.54, 1.807) is 0 Å². The van der Waals surface area contributed by atoms with Crippen LogP contribution in [0.2, 0.25) is 0 Å². The minimum absolute atomic E-state index is 0.0259. The van der Waals surface area contributed by atoms with E-state index in [9.17, 15) is 0 Å². The minimum atomic E-state index is -0.0259. The number of hydrogen-bond donors (Lipinski definition) is 0. The van der Waals surface area contributed by atoms with E-state index in [4.69, 9.17) is 0 Å². The Balaban J connectivity index is 1.62. The number of rotatable bonds is 0. The molecule has 5 aromatic rings. The van der Waals surface area contributed by atoms with Gasteiger partial charge in [0.05, 0.1) is 0 Å². The summed E-state index contributed by atoms with van der Waals surface area (Å²) < 4.78 is 0. The van der Waals surface area contributed by atoms with Crippen LogP contribution < -0.4 is 0 Å². The lowest BCUT2D eigenvalue weighted by atomic mass is 9.79. The molecule has 7 rings (SSSR count). The van der Waals surface area contributed by atoms with Crippen LogP contribution in [0.3, 0.4) is 0 Å². The van der Waals surface area contributed by atoms with Crippen LogP contribution in [0.15, 0.2) is 72.8 Å². The van der Waals surface area contributed by atoms with E-state index in [0.29, 0.717) is 0 Å². The molecule has 34 heavy (non-hydrogen) atoms. The van der Waals surface area contributed by atoms with E-state index in [1.165, 1.54) is 77.2 Å². The van der Waals surface area contributed by atoms with Crippen LogP contribution in [0.4, 0.5) is 0 Å². The van der Waals surface area contributed by atoms with E-state index < -0.39 is 0 Å². The van der Waals surface area contributed by atoms with Gasteiger partial charge in [-0.25, -0.2) is 0 Å². The van der Waals surface area contributed by atoms with Crippen molar-refractivity contribution in [1.82, 2.24) is 0 Å². The van der Waals surface area contributed by atoms with Crippen LogP contribution in [0.5, 0.6) is 0 Å². The van der Waals surface area contributed by atoms with Gasteiger partial charge in [-0.1, -0.05) is 88.4 Å². The largest absolute Gasteiger partial charge is 0.0616 e. The van der Waals surface area contributed by atoms with Crippen molar-refractivity contribution < 1.29 is 0 Å². The molecule has 0 aromatic heterocycles. The normalized spacial score (nSPS) is 16.4. The topological polar surface area (TPSA) is 0 Å². The number of fused-ring (bicyclic) bond motifs is 10. The van der Waals surface area contributed by atoms with Crippen LogP contribution in [0.1, 0.15) is 61.1 Å². The van der Waals surface area contributed by atoms with Gasteiger partial charge in [-0.3, -0.25) is 0 Å². The van der Waals surface area contributed by atoms with Crippen molar-refractivity contribution in [3.05, 3.63) is 106 Å². The molecule has 0 fully saturated rings. The van der Waals surface area contributed by atoms with Gasteiger partial charge in [-0.05, 0) is 103 Å². The lowest BCUT2D eigenvalue weighted by Gasteiger charge is -2.24. The molecule has 0 saturated heterocycles. The number of hydrogen-bond acceptors (Lipinski definition) is 0. The van der Waals surface area contributed by atoms with Gasteiger partial charge in [0.1, 0.15) is 0 Å². The van der Waals surface area contributed by atoms with Gasteiger partial charge in [0.15, 0.2) is 0 Å². The lowest BCUT2D eigenvalue weighted by Crippen LogP contribution is -2.17. The Hall–Kier alpha value is -3.38. The summed E-state index contributed by atoms with van der Waals surface area (Å²) in [7, 11) is 0. The highest BCUT2D eigenvalue weighted by Crippen LogP contribution is 2.58. The third-order valence-corrected chi connectivity index (χ3v) is 8.89. The maximum Gasteiger partial charge on any atom is 0.0159 e. The molecule has 166 valence electrons. The zero-order valence-corrected chi connectivity index (χ0v) is 20.9. The SMILES string of the molecule is Cc1cc2c(c3ccccc13)-c1cc3c(cc1C2(C)C)-c1c(cc(C)c2ccccc12)C3(C)C. The average Bonchev–Trinajstić information content (AvgIpc) is 3.18. The molecule has 0 amide bonds. The Labute approximate surface area is 202 Å². The van der Waals surface area contributed by atoms with Gasteiger partial charge < -0.3 is 0 Å². The smallest absolute Gasteiger partial charge is 0.0159 e. The molecule has 0 spiro atoms. The highest BCUT2D eigenvalue weighted by atomic mass is 14.5. The van der Waals surface area contributed by atoms with Gasteiger partial charge in [0, 0.05) is 10.8 Å². The van der Waals surface area contributed by atoms with Crippen molar-refractivity contribution in [1.29, 1.82) is 0 Å². The molecule has 2 aliphatic rings. The third kappa shape index (κ3) is 2.24. The second-order valence-electron chi connectivity index (χ2n) is 11.5. The Morgan fingerprint density at radius 2 is 0.794 bits per heavy atom. The zero-order valence-electron chi connectivity index (χ0n) is 20.9. The van der Waals surface area contributed by atoms with Crippen molar-refractivity contribution in [3.8, 4) is 22.3 Å². The summed E-state index contributed by atoms with van der Waals surface area (Å²) in [5, 5.41) is 5.52. The van der Waals surface area contributed by atoms with Crippen molar-refractivity contribution in [2.45, 2.75) is 52.4 Å². The number of aryl methyl sites for hydroxylation is 2. The standard InChI is InChI=1S/C34H30/c1-19-15-29-31(23-13-9-7-11-21(19)23)25-17-28-26(18-27(25)33(29,3)4)32-24-14-10-8-12-22(24)20(2)16-30(32)34(28,5)6/h7-18H,1-6H3. The summed E-state index contributed by atoms with van der Waals surface area (Å²) in [6, 6.07) is 27.9. The Morgan fingerprint density at radius 3 is 1.18 bits per heavy atom. The fourth-order valence-electron chi connectivity index (χ4n) is 7.02. The molecule has 0 atom stereocenters. The van der Waals surface area contributed by atoms with E-state index in [0.717, 1.165) is 0 Å². The monoisotopic (exact) mass is 438 g/mol. The van der Waals surface area contributed by atoms with Gasteiger partial charge >= 0.3 is 0 Å². The molecular weight excluding hydrogens is 408 g/mol. The maximum atomic E-state index is 2.55. The fraction of sp³-hybridized carbons (Fsp3) is 0.235. The molecule has 0 heteroatoms. The molecule has 0 aliphatic heterocycles. The average molecular weight is 439 g/mol. The molecule has 0 nitrogen and oxygen atoms in total. The Bertz CT molecular complexity index is 1580. The summed E-state index contributed by atoms with van der Waals surface area (Å²) in [5.41, 5.74) is 14.3. The highest BCUT2D eigenvalue weighted by molar-refractivity contribution is 6.07. The Morgan fingerprint density at radius 1 is 0.441 bits per heavy atom. The second kappa shape index (κ2) is 6.19. The molecule has 0 heterocycles. The quantitative estimate of drug-likeness (QED) is 0.226.